The van der Waals surface area contributed by atoms with E-state index in [9.17, 15) is 0 Å². The van der Waals surface area contributed by atoms with Gasteiger partial charge in [-0.25, -0.2) is 0 Å². The highest BCUT2D eigenvalue weighted by Gasteiger charge is 2.10. The van der Waals surface area contributed by atoms with Gasteiger partial charge in [-0.05, 0) is 30.0 Å². The van der Waals surface area contributed by atoms with Crippen LogP contribution in [0.1, 0.15) is 19.4 Å². The van der Waals surface area contributed by atoms with Crippen LogP contribution in [0.5, 0.6) is 11.5 Å². The van der Waals surface area contributed by atoms with Crippen molar-refractivity contribution in [1.29, 1.82) is 0 Å². The molecule has 0 aromatic heterocycles. The molecule has 1 aromatic carbocycles. The molecule has 1 atom stereocenters. The normalized spacial score (nSPS) is 12.6. The monoisotopic (exact) mass is 223 g/mol. The van der Waals surface area contributed by atoms with Crippen LogP contribution in [0.2, 0.25) is 0 Å². The smallest absolute Gasteiger partial charge is 0.160 e. The second kappa shape index (κ2) is 5.75. The first-order valence-corrected chi connectivity index (χ1v) is 5.55. The van der Waals surface area contributed by atoms with E-state index in [2.05, 4.69) is 13.8 Å². The average Bonchev–Trinajstić information content (AvgIpc) is 2.28. The van der Waals surface area contributed by atoms with Gasteiger partial charge in [0.15, 0.2) is 11.5 Å². The molecule has 0 aliphatic heterocycles. The Balaban J connectivity index is 2.82. The highest BCUT2D eigenvalue weighted by atomic mass is 16.5. The van der Waals surface area contributed by atoms with Crippen molar-refractivity contribution in [2.45, 2.75) is 26.3 Å². The van der Waals surface area contributed by atoms with Crippen molar-refractivity contribution in [2.24, 2.45) is 11.7 Å². The lowest BCUT2D eigenvalue weighted by atomic mass is 9.97. The van der Waals surface area contributed by atoms with Crippen LogP contribution in [0.25, 0.3) is 0 Å². The zero-order chi connectivity index (χ0) is 12.1. The topological polar surface area (TPSA) is 44.5 Å². The SMILES string of the molecule is COc1ccc(C[C@H](N)C(C)C)cc1OC. The third-order valence-corrected chi connectivity index (χ3v) is 2.78. The summed E-state index contributed by atoms with van der Waals surface area (Å²) in [5, 5.41) is 0. The van der Waals surface area contributed by atoms with Crippen molar-refractivity contribution in [3.63, 3.8) is 0 Å². The molecule has 0 fully saturated rings. The third-order valence-electron chi connectivity index (χ3n) is 2.78. The highest BCUT2D eigenvalue weighted by molar-refractivity contribution is 5.43. The molecule has 0 radical (unpaired) electrons. The third kappa shape index (κ3) is 3.14. The number of hydrogen-bond donors (Lipinski definition) is 1. The van der Waals surface area contributed by atoms with Crippen molar-refractivity contribution in [3.8, 4) is 11.5 Å². The van der Waals surface area contributed by atoms with Crippen molar-refractivity contribution in [2.75, 3.05) is 14.2 Å². The molecule has 0 unspecified atom stereocenters. The molecule has 1 aromatic rings. The number of rotatable bonds is 5. The van der Waals surface area contributed by atoms with Crippen LogP contribution in [-0.2, 0) is 6.42 Å². The molecule has 2 N–H and O–H groups in total. The van der Waals surface area contributed by atoms with E-state index in [1.807, 2.05) is 18.2 Å². The lowest BCUT2D eigenvalue weighted by Crippen LogP contribution is -2.28. The molecule has 16 heavy (non-hydrogen) atoms. The summed E-state index contributed by atoms with van der Waals surface area (Å²) in [7, 11) is 3.28. The zero-order valence-electron chi connectivity index (χ0n) is 10.5. The van der Waals surface area contributed by atoms with E-state index in [4.69, 9.17) is 15.2 Å². The van der Waals surface area contributed by atoms with E-state index in [0.29, 0.717) is 5.92 Å². The molecule has 90 valence electrons. The summed E-state index contributed by atoms with van der Waals surface area (Å²) in [4.78, 5) is 0. The fourth-order valence-corrected chi connectivity index (χ4v) is 1.52. The van der Waals surface area contributed by atoms with Crippen molar-refractivity contribution < 1.29 is 9.47 Å². The van der Waals surface area contributed by atoms with Gasteiger partial charge in [-0.15, -0.1) is 0 Å². The standard InChI is InChI=1S/C13H21NO2/c1-9(2)11(14)7-10-5-6-12(15-3)13(8-10)16-4/h5-6,8-9,11H,7,14H2,1-4H3/t11-/m0/s1. The van der Waals surface area contributed by atoms with Gasteiger partial charge in [-0.1, -0.05) is 19.9 Å². The van der Waals surface area contributed by atoms with Crippen LogP contribution in [0.4, 0.5) is 0 Å². The van der Waals surface area contributed by atoms with Gasteiger partial charge >= 0.3 is 0 Å². The average molecular weight is 223 g/mol. The second-order valence-electron chi connectivity index (χ2n) is 4.30. The first-order chi connectivity index (χ1) is 7.58. The van der Waals surface area contributed by atoms with Gasteiger partial charge < -0.3 is 15.2 Å². The van der Waals surface area contributed by atoms with Gasteiger partial charge in [0.25, 0.3) is 0 Å². The van der Waals surface area contributed by atoms with Crippen LogP contribution < -0.4 is 15.2 Å². The van der Waals surface area contributed by atoms with E-state index in [1.54, 1.807) is 14.2 Å². The van der Waals surface area contributed by atoms with Crippen molar-refractivity contribution >= 4 is 0 Å². The molecule has 1 rings (SSSR count). The number of hydrogen-bond acceptors (Lipinski definition) is 3. The van der Waals surface area contributed by atoms with Crippen LogP contribution in [-0.4, -0.2) is 20.3 Å². The van der Waals surface area contributed by atoms with Crippen LogP contribution in [0.15, 0.2) is 18.2 Å². The van der Waals surface area contributed by atoms with Gasteiger partial charge in [-0.2, -0.15) is 0 Å². The van der Waals surface area contributed by atoms with Gasteiger partial charge in [0.05, 0.1) is 14.2 Å². The molecule has 0 saturated heterocycles. The summed E-state index contributed by atoms with van der Waals surface area (Å²) in [6, 6.07) is 6.12. The Bertz CT molecular complexity index is 337. The second-order valence-corrected chi connectivity index (χ2v) is 4.30. The predicted molar refractivity (Wildman–Crippen MR) is 66.1 cm³/mol. The zero-order valence-corrected chi connectivity index (χ0v) is 10.5. The van der Waals surface area contributed by atoms with E-state index >= 15 is 0 Å². The molecule has 3 heteroatoms. The lowest BCUT2D eigenvalue weighted by molar-refractivity contribution is 0.354. The van der Waals surface area contributed by atoms with Gasteiger partial charge in [0.2, 0.25) is 0 Å². The Morgan fingerprint density at radius 1 is 1.12 bits per heavy atom. The molecule has 0 heterocycles. The molecule has 0 aliphatic carbocycles. The van der Waals surface area contributed by atoms with Crippen molar-refractivity contribution in [1.82, 2.24) is 0 Å². The minimum absolute atomic E-state index is 0.179. The predicted octanol–water partition coefficient (Wildman–Crippen LogP) is 2.23. The van der Waals surface area contributed by atoms with E-state index < -0.39 is 0 Å². The minimum atomic E-state index is 0.179. The quantitative estimate of drug-likeness (QED) is 0.832. The lowest BCUT2D eigenvalue weighted by Gasteiger charge is -2.16. The minimum Gasteiger partial charge on any atom is -0.493 e. The first-order valence-electron chi connectivity index (χ1n) is 5.55. The largest absolute Gasteiger partial charge is 0.493 e. The number of methoxy groups -OCH3 is 2. The molecular formula is C13H21NO2. The van der Waals surface area contributed by atoms with Crippen LogP contribution >= 0.6 is 0 Å². The molecule has 3 nitrogen and oxygen atoms in total. The summed E-state index contributed by atoms with van der Waals surface area (Å²) in [5.41, 5.74) is 7.22. The van der Waals surface area contributed by atoms with Crippen LogP contribution in [0, 0.1) is 5.92 Å². The Labute approximate surface area is 97.6 Å². The fraction of sp³-hybridized carbons (Fsp3) is 0.538. The summed E-state index contributed by atoms with van der Waals surface area (Å²) < 4.78 is 10.4. The summed E-state index contributed by atoms with van der Waals surface area (Å²) >= 11 is 0. The maximum atomic E-state index is 6.04. The Kier molecular flexibility index (Phi) is 4.62. The molecule has 0 bridgehead atoms. The summed E-state index contributed by atoms with van der Waals surface area (Å²) in [6.07, 6.45) is 0.859. The Hall–Kier alpha value is -1.22. The van der Waals surface area contributed by atoms with E-state index in [0.717, 1.165) is 17.9 Å². The number of nitrogens with two attached hydrogens (primary N) is 1. The maximum absolute atomic E-state index is 6.04. The Morgan fingerprint density at radius 3 is 2.25 bits per heavy atom. The molecule has 0 saturated carbocycles. The van der Waals surface area contributed by atoms with E-state index in [1.165, 1.54) is 5.56 Å². The number of benzene rings is 1. The molecule has 0 aliphatic rings. The highest BCUT2D eigenvalue weighted by Crippen LogP contribution is 2.28. The summed E-state index contributed by atoms with van der Waals surface area (Å²) in [5.74, 6) is 1.99. The fourth-order valence-electron chi connectivity index (χ4n) is 1.52. The first kappa shape index (κ1) is 12.8. The van der Waals surface area contributed by atoms with Crippen molar-refractivity contribution in [3.05, 3.63) is 23.8 Å². The number of ether oxygens (including phenoxy) is 2. The molecule has 0 spiro atoms. The Morgan fingerprint density at radius 2 is 1.75 bits per heavy atom. The summed E-state index contributed by atoms with van der Waals surface area (Å²) in [6.45, 7) is 4.26. The van der Waals surface area contributed by atoms with Gasteiger partial charge in [0.1, 0.15) is 0 Å². The molecule has 0 amide bonds. The molecular weight excluding hydrogens is 202 g/mol. The van der Waals surface area contributed by atoms with Gasteiger partial charge in [-0.3, -0.25) is 0 Å². The van der Waals surface area contributed by atoms with Gasteiger partial charge in [0, 0.05) is 6.04 Å². The maximum Gasteiger partial charge on any atom is 0.160 e. The van der Waals surface area contributed by atoms with Crippen LogP contribution in [0.3, 0.4) is 0 Å². The van der Waals surface area contributed by atoms with E-state index in [-0.39, 0.29) is 6.04 Å².